The van der Waals surface area contributed by atoms with Crippen molar-refractivity contribution in [1.82, 2.24) is 10.2 Å². The van der Waals surface area contributed by atoms with E-state index in [1.807, 2.05) is 0 Å². The summed E-state index contributed by atoms with van der Waals surface area (Å²) < 4.78 is 0. The van der Waals surface area contributed by atoms with Crippen molar-refractivity contribution in [2.75, 3.05) is 19.6 Å². The second-order valence-corrected chi connectivity index (χ2v) is 6.17. The van der Waals surface area contributed by atoms with Crippen molar-refractivity contribution in [1.29, 1.82) is 0 Å². The van der Waals surface area contributed by atoms with E-state index in [9.17, 15) is 4.79 Å². The van der Waals surface area contributed by atoms with E-state index in [2.05, 4.69) is 24.1 Å². The molecule has 2 fully saturated rings. The summed E-state index contributed by atoms with van der Waals surface area (Å²) >= 11 is 0. The van der Waals surface area contributed by atoms with Gasteiger partial charge in [-0.2, -0.15) is 0 Å². The van der Waals surface area contributed by atoms with E-state index in [1.165, 1.54) is 51.6 Å². The molecule has 0 spiro atoms. The zero-order chi connectivity index (χ0) is 13.0. The molecule has 3 heteroatoms. The Hall–Kier alpha value is -0.570. The van der Waals surface area contributed by atoms with Gasteiger partial charge in [-0.15, -0.1) is 0 Å². The molecule has 104 valence electrons. The van der Waals surface area contributed by atoms with Gasteiger partial charge >= 0.3 is 0 Å². The minimum atomic E-state index is 0.207. The summed E-state index contributed by atoms with van der Waals surface area (Å²) in [5.74, 6) is 1.11. The van der Waals surface area contributed by atoms with Gasteiger partial charge in [-0.05, 0) is 51.6 Å². The molecule has 1 aliphatic heterocycles. The Labute approximate surface area is 111 Å². The highest BCUT2D eigenvalue weighted by molar-refractivity contribution is 5.78. The van der Waals surface area contributed by atoms with Crippen molar-refractivity contribution in [3.05, 3.63) is 0 Å². The summed E-state index contributed by atoms with van der Waals surface area (Å²) in [5, 5.41) is 3.16. The Kier molecular flexibility index (Phi) is 5.04. The molecule has 1 N–H and O–H groups in total. The van der Waals surface area contributed by atoms with Gasteiger partial charge in [-0.3, -0.25) is 9.69 Å². The van der Waals surface area contributed by atoms with E-state index >= 15 is 0 Å². The summed E-state index contributed by atoms with van der Waals surface area (Å²) in [6, 6.07) is 0.493. The van der Waals surface area contributed by atoms with Crippen LogP contribution in [0.1, 0.15) is 52.4 Å². The first kappa shape index (κ1) is 13.9. The SMILES string of the molecule is CC(C(=O)NCC(C)N1CCCC1)C1CCCC1. The molecule has 2 atom stereocenters. The van der Waals surface area contributed by atoms with Gasteiger partial charge in [0.1, 0.15) is 0 Å². The van der Waals surface area contributed by atoms with Crippen LogP contribution < -0.4 is 5.32 Å². The molecule has 1 aliphatic carbocycles. The molecule has 1 amide bonds. The number of carbonyl (C=O) groups excluding carboxylic acids is 1. The monoisotopic (exact) mass is 252 g/mol. The van der Waals surface area contributed by atoms with E-state index in [4.69, 9.17) is 0 Å². The van der Waals surface area contributed by atoms with E-state index < -0.39 is 0 Å². The molecular weight excluding hydrogens is 224 g/mol. The highest BCUT2D eigenvalue weighted by atomic mass is 16.1. The molecule has 0 aromatic carbocycles. The largest absolute Gasteiger partial charge is 0.354 e. The number of amides is 1. The maximum Gasteiger partial charge on any atom is 0.223 e. The van der Waals surface area contributed by atoms with Crippen molar-refractivity contribution in [2.45, 2.75) is 58.4 Å². The predicted molar refractivity (Wildman–Crippen MR) is 74.4 cm³/mol. The minimum absolute atomic E-state index is 0.207. The second kappa shape index (κ2) is 6.55. The second-order valence-electron chi connectivity index (χ2n) is 6.17. The van der Waals surface area contributed by atoms with Gasteiger partial charge in [0.25, 0.3) is 0 Å². The third kappa shape index (κ3) is 3.47. The molecule has 1 saturated heterocycles. The van der Waals surface area contributed by atoms with Crippen molar-refractivity contribution in [3.63, 3.8) is 0 Å². The molecule has 1 heterocycles. The van der Waals surface area contributed by atoms with Gasteiger partial charge in [0.15, 0.2) is 0 Å². The summed E-state index contributed by atoms with van der Waals surface area (Å²) in [6.45, 7) is 7.55. The molecule has 0 bridgehead atoms. The van der Waals surface area contributed by atoms with Crippen molar-refractivity contribution in [2.24, 2.45) is 11.8 Å². The first-order valence-electron chi connectivity index (χ1n) is 7.70. The number of hydrogen-bond donors (Lipinski definition) is 1. The summed E-state index contributed by atoms with van der Waals surface area (Å²) in [7, 11) is 0. The van der Waals surface area contributed by atoms with Crippen molar-refractivity contribution >= 4 is 5.91 Å². The Balaban J connectivity index is 1.69. The molecular formula is C15H28N2O. The first-order valence-corrected chi connectivity index (χ1v) is 7.70. The molecule has 0 aromatic rings. The van der Waals surface area contributed by atoms with Crippen LogP contribution in [0.2, 0.25) is 0 Å². The Morgan fingerprint density at radius 2 is 1.78 bits per heavy atom. The Morgan fingerprint density at radius 3 is 2.39 bits per heavy atom. The average molecular weight is 252 g/mol. The fourth-order valence-electron chi connectivity index (χ4n) is 3.39. The minimum Gasteiger partial charge on any atom is -0.354 e. The zero-order valence-electron chi connectivity index (χ0n) is 12.0. The van der Waals surface area contributed by atoms with E-state index in [0.717, 1.165) is 6.54 Å². The standard InChI is InChI=1S/C15H28N2O/c1-12(17-9-5-6-10-17)11-16-15(18)13(2)14-7-3-4-8-14/h12-14H,3-11H2,1-2H3,(H,16,18). The van der Waals surface area contributed by atoms with Gasteiger partial charge in [-0.25, -0.2) is 0 Å². The summed E-state index contributed by atoms with van der Waals surface area (Å²) in [6.07, 6.45) is 7.75. The molecule has 2 aliphatic rings. The lowest BCUT2D eigenvalue weighted by atomic mass is 9.92. The van der Waals surface area contributed by atoms with E-state index in [1.54, 1.807) is 0 Å². The smallest absolute Gasteiger partial charge is 0.223 e. The number of nitrogens with zero attached hydrogens (tertiary/aromatic N) is 1. The molecule has 0 radical (unpaired) electrons. The third-order valence-corrected chi connectivity index (χ3v) is 4.86. The number of hydrogen-bond acceptors (Lipinski definition) is 2. The molecule has 0 aromatic heterocycles. The predicted octanol–water partition coefficient (Wildman–Crippen LogP) is 2.41. The number of likely N-dealkylation sites (tertiary alicyclic amines) is 1. The fraction of sp³-hybridized carbons (Fsp3) is 0.933. The summed E-state index contributed by atoms with van der Waals surface area (Å²) in [4.78, 5) is 14.6. The fourth-order valence-corrected chi connectivity index (χ4v) is 3.39. The van der Waals surface area contributed by atoms with Gasteiger partial charge in [-0.1, -0.05) is 19.8 Å². The van der Waals surface area contributed by atoms with Crippen LogP contribution in [-0.2, 0) is 4.79 Å². The van der Waals surface area contributed by atoms with Crippen molar-refractivity contribution in [3.8, 4) is 0 Å². The van der Waals surface area contributed by atoms with Crippen LogP contribution in [0.4, 0.5) is 0 Å². The van der Waals surface area contributed by atoms with Gasteiger partial charge < -0.3 is 5.32 Å². The zero-order valence-corrected chi connectivity index (χ0v) is 12.0. The van der Waals surface area contributed by atoms with Crippen LogP contribution in [0.25, 0.3) is 0 Å². The van der Waals surface area contributed by atoms with Crippen molar-refractivity contribution < 1.29 is 4.79 Å². The van der Waals surface area contributed by atoms with Crippen LogP contribution >= 0.6 is 0 Å². The Bertz CT molecular complexity index is 268. The normalized spacial score (nSPS) is 25.2. The average Bonchev–Trinajstić information content (AvgIpc) is 3.05. The van der Waals surface area contributed by atoms with Crippen LogP contribution in [0, 0.1) is 11.8 Å². The van der Waals surface area contributed by atoms with Gasteiger partial charge in [0.05, 0.1) is 0 Å². The molecule has 2 unspecified atom stereocenters. The number of rotatable bonds is 5. The summed E-state index contributed by atoms with van der Waals surface area (Å²) in [5.41, 5.74) is 0. The lowest BCUT2D eigenvalue weighted by Crippen LogP contribution is -2.43. The first-order chi connectivity index (χ1) is 8.68. The maximum absolute atomic E-state index is 12.1. The highest BCUT2D eigenvalue weighted by Crippen LogP contribution is 2.31. The third-order valence-electron chi connectivity index (χ3n) is 4.86. The quantitative estimate of drug-likeness (QED) is 0.815. The highest BCUT2D eigenvalue weighted by Gasteiger charge is 2.27. The van der Waals surface area contributed by atoms with Crippen LogP contribution in [0.3, 0.4) is 0 Å². The topological polar surface area (TPSA) is 32.3 Å². The molecule has 1 saturated carbocycles. The molecule has 2 rings (SSSR count). The van der Waals surface area contributed by atoms with E-state index in [-0.39, 0.29) is 11.8 Å². The number of nitrogens with one attached hydrogen (secondary N) is 1. The lowest BCUT2D eigenvalue weighted by molar-refractivity contribution is -0.126. The molecule has 3 nitrogen and oxygen atoms in total. The van der Waals surface area contributed by atoms with E-state index in [0.29, 0.717) is 12.0 Å². The Morgan fingerprint density at radius 1 is 1.17 bits per heavy atom. The maximum atomic E-state index is 12.1. The van der Waals surface area contributed by atoms with Crippen LogP contribution in [0.15, 0.2) is 0 Å². The molecule has 18 heavy (non-hydrogen) atoms. The van der Waals surface area contributed by atoms with Crippen LogP contribution in [-0.4, -0.2) is 36.5 Å². The van der Waals surface area contributed by atoms with Gasteiger partial charge in [0, 0.05) is 18.5 Å². The lowest BCUT2D eigenvalue weighted by Gasteiger charge is -2.25. The van der Waals surface area contributed by atoms with Gasteiger partial charge in [0.2, 0.25) is 5.91 Å². The number of carbonyl (C=O) groups is 1. The van der Waals surface area contributed by atoms with Crippen LogP contribution in [0.5, 0.6) is 0 Å².